The number of hydrogen-bond donors (Lipinski definition) is 2. The standard InChI is InChI=1S/C20H22FN5O3S2/c21-15-3-1-2-4-17(15)26-13-11-25(12-14-26)10-9-22-31(28,29)20-8-6-18(30-20)16-5-7-19(27)24-23-16/h1-8,22H,9-14H2,(H,24,27). The lowest BCUT2D eigenvalue weighted by Gasteiger charge is -2.36. The van der Waals surface area contributed by atoms with Crippen molar-refractivity contribution in [2.75, 3.05) is 44.2 Å². The van der Waals surface area contributed by atoms with Crippen LogP contribution in [0, 0.1) is 5.82 Å². The van der Waals surface area contributed by atoms with Gasteiger partial charge in [0.1, 0.15) is 15.7 Å². The lowest BCUT2D eigenvalue weighted by molar-refractivity contribution is 0.261. The molecule has 0 radical (unpaired) electrons. The topological polar surface area (TPSA) is 98.4 Å². The summed E-state index contributed by atoms with van der Waals surface area (Å²) in [6.07, 6.45) is 0. The summed E-state index contributed by atoms with van der Waals surface area (Å²) in [5, 5.41) is 6.26. The molecule has 0 bridgehead atoms. The van der Waals surface area contributed by atoms with E-state index in [2.05, 4.69) is 19.8 Å². The molecule has 11 heteroatoms. The second-order valence-electron chi connectivity index (χ2n) is 7.10. The van der Waals surface area contributed by atoms with Crippen molar-refractivity contribution in [2.24, 2.45) is 0 Å². The predicted molar refractivity (Wildman–Crippen MR) is 118 cm³/mol. The third-order valence-electron chi connectivity index (χ3n) is 5.06. The minimum atomic E-state index is -3.63. The molecule has 1 aliphatic heterocycles. The molecule has 164 valence electrons. The monoisotopic (exact) mass is 463 g/mol. The van der Waals surface area contributed by atoms with Crippen molar-refractivity contribution < 1.29 is 12.8 Å². The number of thiophene rings is 1. The fourth-order valence-corrected chi connectivity index (χ4v) is 5.76. The van der Waals surface area contributed by atoms with Crippen molar-refractivity contribution >= 4 is 27.0 Å². The first-order valence-corrected chi connectivity index (χ1v) is 12.1. The summed E-state index contributed by atoms with van der Waals surface area (Å²) >= 11 is 1.09. The van der Waals surface area contributed by atoms with Crippen molar-refractivity contribution in [3.05, 3.63) is 64.7 Å². The van der Waals surface area contributed by atoms with Crippen LogP contribution in [-0.4, -0.2) is 62.8 Å². The number of sulfonamides is 1. The van der Waals surface area contributed by atoms with Gasteiger partial charge in [0, 0.05) is 45.3 Å². The largest absolute Gasteiger partial charge is 0.367 e. The zero-order valence-corrected chi connectivity index (χ0v) is 18.3. The smallest absolute Gasteiger partial charge is 0.264 e. The Balaban J connectivity index is 1.28. The molecule has 2 N–H and O–H groups in total. The zero-order chi connectivity index (χ0) is 21.8. The predicted octanol–water partition coefficient (Wildman–Crippen LogP) is 1.74. The highest BCUT2D eigenvalue weighted by Crippen LogP contribution is 2.28. The molecule has 0 unspecified atom stereocenters. The van der Waals surface area contributed by atoms with Crippen molar-refractivity contribution in [1.29, 1.82) is 0 Å². The molecule has 1 aromatic carbocycles. The number of benzene rings is 1. The fourth-order valence-electron chi connectivity index (χ4n) is 3.41. The molecule has 0 spiro atoms. The first-order chi connectivity index (χ1) is 14.9. The maximum absolute atomic E-state index is 13.9. The molecule has 31 heavy (non-hydrogen) atoms. The lowest BCUT2D eigenvalue weighted by Crippen LogP contribution is -2.48. The van der Waals surface area contributed by atoms with Crippen LogP contribution in [0.25, 0.3) is 10.6 Å². The number of nitrogens with zero attached hydrogens (tertiary/aromatic N) is 3. The number of rotatable bonds is 7. The Morgan fingerprint density at radius 2 is 1.84 bits per heavy atom. The van der Waals surface area contributed by atoms with Crippen LogP contribution in [0.1, 0.15) is 0 Å². The Morgan fingerprint density at radius 3 is 2.55 bits per heavy atom. The highest BCUT2D eigenvalue weighted by atomic mass is 32.2. The molecular weight excluding hydrogens is 441 g/mol. The summed E-state index contributed by atoms with van der Waals surface area (Å²) < 4.78 is 42.0. The molecule has 2 aromatic heterocycles. The number of para-hydroxylation sites is 1. The Morgan fingerprint density at radius 1 is 1.06 bits per heavy atom. The Labute approximate surface area is 183 Å². The van der Waals surface area contributed by atoms with Gasteiger partial charge in [-0.2, -0.15) is 5.10 Å². The van der Waals surface area contributed by atoms with Crippen molar-refractivity contribution in [3.63, 3.8) is 0 Å². The lowest BCUT2D eigenvalue weighted by atomic mass is 10.2. The molecular formula is C20H22FN5O3S2. The highest BCUT2D eigenvalue weighted by molar-refractivity contribution is 7.91. The van der Waals surface area contributed by atoms with Crippen LogP contribution in [0.3, 0.4) is 0 Å². The van der Waals surface area contributed by atoms with Gasteiger partial charge in [0.05, 0.1) is 10.6 Å². The summed E-state index contributed by atoms with van der Waals surface area (Å²) in [6, 6.07) is 12.8. The van der Waals surface area contributed by atoms with E-state index in [-0.39, 0.29) is 22.1 Å². The van der Waals surface area contributed by atoms with Gasteiger partial charge in [-0.3, -0.25) is 9.69 Å². The van der Waals surface area contributed by atoms with Gasteiger partial charge in [-0.25, -0.2) is 22.6 Å². The minimum absolute atomic E-state index is 0.194. The Hall–Kier alpha value is -2.60. The quantitative estimate of drug-likeness (QED) is 0.554. The van der Waals surface area contributed by atoms with Crippen LogP contribution in [0.2, 0.25) is 0 Å². The van der Waals surface area contributed by atoms with Gasteiger partial charge in [-0.15, -0.1) is 11.3 Å². The molecule has 3 heterocycles. The van der Waals surface area contributed by atoms with Gasteiger partial charge in [-0.05, 0) is 30.3 Å². The number of piperazine rings is 1. The van der Waals surface area contributed by atoms with Crippen LogP contribution in [0.5, 0.6) is 0 Å². The fraction of sp³-hybridized carbons (Fsp3) is 0.300. The summed E-state index contributed by atoms with van der Waals surface area (Å²) in [5.74, 6) is -0.226. The molecule has 1 aliphatic rings. The van der Waals surface area contributed by atoms with E-state index in [0.29, 0.717) is 35.9 Å². The van der Waals surface area contributed by atoms with Gasteiger partial charge in [0.15, 0.2) is 0 Å². The molecule has 1 saturated heterocycles. The van der Waals surface area contributed by atoms with Crippen molar-refractivity contribution in [3.8, 4) is 10.6 Å². The molecule has 0 atom stereocenters. The van der Waals surface area contributed by atoms with E-state index in [0.717, 1.165) is 24.4 Å². The molecule has 3 aromatic rings. The Kier molecular flexibility index (Phi) is 6.46. The van der Waals surface area contributed by atoms with E-state index >= 15 is 0 Å². The number of H-pyrrole nitrogens is 1. The summed E-state index contributed by atoms with van der Waals surface area (Å²) in [7, 11) is -3.63. The van der Waals surface area contributed by atoms with Crippen LogP contribution < -0.4 is 15.2 Å². The average Bonchev–Trinajstić information content (AvgIpc) is 3.27. The summed E-state index contributed by atoms with van der Waals surface area (Å²) in [5.41, 5.74) is 0.802. The first kappa shape index (κ1) is 21.6. The third-order valence-corrected chi connectivity index (χ3v) is 8.12. The molecule has 0 saturated carbocycles. The second-order valence-corrected chi connectivity index (χ2v) is 10.2. The number of hydrogen-bond acceptors (Lipinski definition) is 7. The number of aromatic amines is 1. The Bertz CT molecular complexity index is 1180. The normalized spacial score (nSPS) is 15.3. The number of aromatic nitrogens is 2. The van der Waals surface area contributed by atoms with Crippen molar-refractivity contribution in [2.45, 2.75) is 4.21 Å². The summed E-state index contributed by atoms with van der Waals surface area (Å²) in [4.78, 5) is 15.9. The van der Waals surface area contributed by atoms with Gasteiger partial charge in [-0.1, -0.05) is 12.1 Å². The van der Waals surface area contributed by atoms with E-state index in [1.807, 2.05) is 11.0 Å². The van der Waals surface area contributed by atoms with E-state index in [9.17, 15) is 17.6 Å². The van der Waals surface area contributed by atoms with E-state index in [1.165, 1.54) is 18.2 Å². The first-order valence-electron chi connectivity index (χ1n) is 9.80. The van der Waals surface area contributed by atoms with Gasteiger partial charge >= 0.3 is 0 Å². The van der Waals surface area contributed by atoms with Gasteiger partial charge in [0.25, 0.3) is 5.56 Å². The van der Waals surface area contributed by atoms with E-state index in [1.54, 1.807) is 24.3 Å². The van der Waals surface area contributed by atoms with E-state index in [4.69, 9.17) is 0 Å². The SMILES string of the molecule is O=c1ccc(-c2ccc(S(=O)(=O)NCCN3CCN(c4ccccc4F)CC3)s2)n[nH]1. The molecule has 1 fully saturated rings. The van der Waals surface area contributed by atoms with E-state index < -0.39 is 10.0 Å². The molecule has 8 nitrogen and oxygen atoms in total. The number of nitrogens with one attached hydrogen (secondary N) is 2. The maximum atomic E-state index is 13.9. The van der Waals surface area contributed by atoms with Crippen LogP contribution in [-0.2, 0) is 10.0 Å². The van der Waals surface area contributed by atoms with Gasteiger partial charge < -0.3 is 4.90 Å². The minimum Gasteiger partial charge on any atom is -0.367 e. The van der Waals surface area contributed by atoms with Crippen LogP contribution in [0.15, 0.2) is 57.5 Å². The zero-order valence-electron chi connectivity index (χ0n) is 16.6. The van der Waals surface area contributed by atoms with Crippen LogP contribution >= 0.6 is 11.3 Å². The second kappa shape index (κ2) is 9.27. The molecule has 0 amide bonds. The van der Waals surface area contributed by atoms with Gasteiger partial charge in [0.2, 0.25) is 10.0 Å². The molecule has 4 rings (SSSR count). The van der Waals surface area contributed by atoms with Crippen LogP contribution in [0.4, 0.5) is 10.1 Å². The third kappa shape index (κ3) is 5.18. The maximum Gasteiger partial charge on any atom is 0.264 e. The van der Waals surface area contributed by atoms with Crippen molar-refractivity contribution in [1.82, 2.24) is 19.8 Å². The number of anilines is 1. The highest BCUT2D eigenvalue weighted by Gasteiger charge is 2.21. The number of halogens is 1. The summed E-state index contributed by atoms with van der Waals surface area (Å²) in [6.45, 7) is 3.70. The average molecular weight is 464 g/mol. The molecule has 0 aliphatic carbocycles.